The average molecular weight is 268 g/mol. The van der Waals surface area contributed by atoms with E-state index in [4.69, 9.17) is 4.74 Å². The minimum absolute atomic E-state index is 0.0787. The summed E-state index contributed by atoms with van der Waals surface area (Å²) >= 11 is 0. The summed E-state index contributed by atoms with van der Waals surface area (Å²) in [4.78, 5) is 23.3. The van der Waals surface area contributed by atoms with Gasteiger partial charge in [-0.15, -0.1) is 6.58 Å². The molecule has 1 N–H and O–H groups in total. The predicted octanol–water partition coefficient (Wildman–Crippen LogP) is 1.32. The lowest BCUT2D eigenvalue weighted by Gasteiger charge is -2.19. The number of nitrogens with one attached hydrogen (secondary N) is 1. The number of rotatable bonds is 4. The highest BCUT2D eigenvalue weighted by molar-refractivity contribution is 5.87. The Kier molecular flexibility index (Phi) is 7.75. The smallest absolute Gasteiger partial charge is 0.334 e. The normalized spacial score (nSPS) is 19.0. The second kappa shape index (κ2) is 8.48. The lowest BCUT2D eigenvalue weighted by Crippen LogP contribution is -2.30. The molecule has 1 amide bonds. The largest absolute Gasteiger partial charge is 0.443 e. The molecule has 0 aliphatic carbocycles. The van der Waals surface area contributed by atoms with Gasteiger partial charge in [0.15, 0.2) is 6.23 Å². The van der Waals surface area contributed by atoms with Crippen LogP contribution in [0.2, 0.25) is 0 Å². The Hall–Kier alpha value is -1.62. The Balaban J connectivity index is 0.000000356. The lowest BCUT2D eigenvalue weighted by atomic mass is 10.1. The molecular formula is C14H24N2O3. The summed E-state index contributed by atoms with van der Waals surface area (Å²) in [5.41, 5.74) is 0.429. The van der Waals surface area contributed by atoms with E-state index >= 15 is 0 Å². The van der Waals surface area contributed by atoms with Crippen LogP contribution in [-0.2, 0) is 14.3 Å². The van der Waals surface area contributed by atoms with Crippen LogP contribution < -0.4 is 5.32 Å². The van der Waals surface area contributed by atoms with E-state index in [1.54, 1.807) is 24.8 Å². The van der Waals surface area contributed by atoms with Crippen molar-refractivity contribution in [1.82, 2.24) is 10.2 Å². The molecule has 0 spiro atoms. The Morgan fingerprint density at radius 3 is 2.42 bits per heavy atom. The van der Waals surface area contributed by atoms with Gasteiger partial charge in [-0.2, -0.15) is 0 Å². The first kappa shape index (κ1) is 17.4. The van der Waals surface area contributed by atoms with Crippen molar-refractivity contribution in [3.05, 3.63) is 24.8 Å². The minimum atomic E-state index is -0.341. The van der Waals surface area contributed by atoms with Crippen molar-refractivity contribution in [2.75, 3.05) is 20.6 Å². The van der Waals surface area contributed by atoms with Crippen molar-refractivity contribution in [3.8, 4) is 0 Å². The van der Waals surface area contributed by atoms with Crippen molar-refractivity contribution in [3.63, 3.8) is 0 Å². The fourth-order valence-corrected chi connectivity index (χ4v) is 1.20. The summed E-state index contributed by atoms with van der Waals surface area (Å²) < 4.78 is 4.96. The molecule has 0 aromatic rings. The molecular weight excluding hydrogens is 244 g/mol. The zero-order chi connectivity index (χ0) is 15.0. The average Bonchev–Trinajstić information content (AvgIpc) is 2.75. The third kappa shape index (κ3) is 6.76. The quantitative estimate of drug-likeness (QED) is 0.361. The van der Waals surface area contributed by atoms with E-state index in [1.807, 2.05) is 14.1 Å². The van der Waals surface area contributed by atoms with Gasteiger partial charge < -0.3 is 10.1 Å². The molecule has 1 aliphatic rings. The maximum atomic E-state index is 10.9. The molecule has 1 saturated heterocycles. The third-order valence-corrected chi connectivity index (χ3v) is 2.73. The monoisotopic (exact) mass is 268 g/mol. The Labute approximate surface area is 115 Å². The number of hydrogen-bond acceptors (Lipinski definition) is 4. The van der Waals surface area contributed by atoms with Crippen molar-refractivity contribution < 1.29 is 14.3 Å². The van der Waals surface area contributed by atoms with Gasteiger partial charge in [-0.05, 0) is 34.4 Å². The summed E-state index contributed by atoms with van der Waals surface area (Å²) in [6, 6.07) is 0. The molecule has 0 aromatic heterocycles. The zero-order valence-corrected chi connectivity index (χ0v) is 12.2. The highest BCUT2D eigenvalue weighted by Gasteiger charge is 2.19. The second-order valence-corrected chi connectivity index (χ2v) is 4.67. The molecule has 0 radical (unpaired) electrons. The maximum absolute atomic E-state index is 10.9. The van der Waals surface area contributed by atoms with Gasteiger partial charge in [0.2, 0.25) is 5.91 Å². The van der Waals surface area contributed by atoms with Gasteiger partial charge in [0.05, 0.1) is 5.92 Å². The Morgan fingerprint density at radius 1 is 1.58 bits per heavy atom. The number of nitrogens with zero attached hydrogens (tertiary/aromatic N) is 1. The van der Waals surface area contributed by atoms with Crippen molar-refractivity contribution >= 4 is 11.9 Å². The van der Waals surface area contributed by atoms with Crippen LogP contribution in [0.25, 0.3) is 0 Å². The molecule has 0 bridgehead atoms. The topological polar surface area (TPSA) is 58.6 Å². The zero-order valence-electron chi connectivity index (χ0n) is 12.2. The molecule has 0 aromatic carbocycles. The predicted molar refractivity (Wildman–Crippen MR) is 75.4 cm³/mol. The van der Waals surface area contributed by atoms with Crippen LogP contribution in [0.5, 0.6) is 0 Å². The van der Waals surface area contributed by atoms with E-state index in [1.165, 1.54) is 0 Å². The molecule has 0 saturated carbocycles. The number of esters is 1. The van der Waals surface area contributed by atoms with Gasteiger partial charge in [-0.1, -0.05) is 12.7 Å². The van der Waals surface area contributed by atoms with Crippen molar-refractivity contribution in [2.24, 2.45) is 5.92 Å². The van der Waals surface area contributed by atoms with Gasteiger partial charge in [0.1, 0.15) is 0 Å². The first-order valence-corrected chi connectivity index (χ1v) is 6.22. The summed E-state index contributed by atoms with van der Waals surface area (Å²) in [7, 11) is 3.69. The standard InChI is InChI=1S/C8H15NO2.C6H9NO/c1-6(2)8(10)11-7(3)9(4)5;1-2-5-3-4-7-6(5)8/h7H,1H2,2-5H3;2,5H,1,3-4H2,(H,7,8). The van der Waals surface area contributed by atoms with Crippen LogP contribution in [0, 0.1) is 5.92 Å². The molecule has 1 heterocycles. The van der Waals surface area contributed by atoms with E-state index < -0.39 is 0 Å². The first-order chi connectivity index (χ1) is 8.79. The molecule has 5 nitrogen and oxygen atoms in total. The Bertz CT molecular complexity index is 351. The van der Waals surface area contributed by atoms with Crippen LogP contribution in [0.15, 0.2) is 24.8 Å². The number of hydrogen-bond donors (Lipinski definition) is 1. The van der Waals surface area contributed by atoms with Crippen LogP contribution in [0.3, 0.4) is 0 Å². The molecule has 1 rings (SSSR count). The summed E-state index contributed by atoms with van der Waals surface area (Å²) in [6.07, 6.45) is 2.42. The van der Waals surface area contributed by atoms with E-state index in [0.717, 1.165) is 13.0 Å². The minimum Gasteiger partial charge on any atom is -0.443 e. The third-order valence-electron chi connectivity index (χ3n) is 2.73. The van der Waals surface area contributed by atoms with E-state index in [-0.39, 0.29) is 24.0 Å². The van der Waals surface area contributed by atoms with Gasteiger partial charge in [-0.3, -0.25) is 9.69 Å². The number of carbonyl (C=O) groups excluding carboxylic acids is 2. The first-order valence-electron chi connectivity index (χ1n) is 6.22. The van der Waals surface area contributed by atoms with Gasteiger partial charge in [0, 0.05) is 12.1 Å². The van der Waals surface area contributed by atoms with Crippen molar-refractivity contribution in [1.29, 1.82) is 0 Å². The van der Waals surface area contributed by atoms with E-state index in [9.17, 15) is 9.59 Å². The lowest BCUT2D eigenvalue weighted by molar-refractivity contribution is -0.150. The van der Waals surface area contributed by atoms with Gasteiger partial charge in [-0.25, -0.2) is 4.79 Å². The summed E-state index contributed by atoms with van der Waals surface area (Å²) in [5.74, 6) is -0.138. The highest BCUT2D eigenvalue weighted by atomic mass is 16.6. The number of carbonyl (C=O) groups is 2. The number of ether oxygens (including phenoxy) is 1. The molecule has 5 heteroatoms. The molecule has 108 valence electrons. The number of amides is 1. The fraction of sp³-hybridized carbons (Fsp3) is 0.571. The van der Waals surface area contributed by atoms with E-state index in [2.05, 4.69) is 18.5 Å². The van der Waals surface area contributed by atoms with Gasteiger partial charge >= 0.3 is 5.97 Å². The fourth-order valence-electron chi connectivity index (χ4n) is 1.20. The maximum Gasteiger partial charge on any atom is 0.334 e. The molecule has 2 atom stereocenters. The second-order valence-electron chi connectivity index (χ2n) is 4.67. The van der Waals surface area contributed by atoms with Crippen LogP contribution in [0.1, 0.15) is 20.3 Å². The van der Waals surface area contributed by atoms with Crippen molar-refractivity contribution in [2.45, 2.75) is 26.5 Å². The molecule has 1 aliphatic heterocycles. The van der Waals surface area contributed by atoms with E-state index in [0.29, 0.717) is 5.57 Å². The Morgan fingerprint density at radius 2 is 2.16 bits per heavy atom. The van der Waals surface area contributed by atoms with Gasteiger partial charge in [0.25, 0.3) is 0 Å². The van der Waals surface area contributed by atoms with Crippen LogP contribution >= 0.6 is 0 Å². The highest BCUT2D eigenvalue weighted by Crippen LogP contribution is 2.08. The van der Waals surface area contributed by atoms with Crippen LogP contribution in [0.4, 0.5) is 0 Å². The molecule has 19 heavy (non-hydrogen) atoms. The summed E-state index contributed by atoms with van der Waals surface area (Å²) in [5, 5.41) is 2.71. The van der Waals surface area contributed by atoms with Crippen LogP contribution in [-0.4, -0.2) is 43.6 Å². The molecule has 2 unspecified atom stereocenters. The molecule has 1 fully saturated rings. The SMILES string of the molecule is C=C(C)C(=O)OC(C)N(C)C.C=CC1CCNC1=O. The summed E-state index contributed by atoms with van der Waals surface area (Å²) in [6.45, 7) is 11.3.